The number of hydrogen-bond acceptors (Lipinski definition) is 4. The second-order valence-electron chi connectivity index (χ2n) is 12.1. The minimum Gasteiger partial charge on any atom is -0.392 e. The molecule has 4 heteroatoms. The van der Waals surface area contributed by atoms with Crippen LogP contribution in [0.15, 0.2) is 0 Å². The van der Waals surface area contributed by atoms with Crippen LogP contribution in [0.3, 0.4) is 0 Å². The average molecular weight is 541 g/mol. The second-order valence-corrected chi connectivity index (χ2v) is 12.1. The fraction of sp³-hybridized carbons (Fsp3) is 1.00. The first-order chi connectivity index (χ1) is 18.7. The van der Waals surface area contributed by atoms with Gasteiger partial charge in [0.1, 0.15) is 0 Å². The Hall–Kier alpha value is -0.160. The summed E-state index contributed by atoms with van der Waals surface area (Å²) in [5.74, 6) is 0. The van der Waals surface area contributed by atoms with E-state index in [-0.39, 0.29) is 12.2 Å². The van der Waals surface area contributed by atoms with E-state index >= 15 is 0 Å². The molecule has 0 aromatic carbocycles. The molecular weight excluding hydrogens is 468 g/mol. The highest BCUT2D eigenvalue weighted by molar-refractivity contribution is 4.62. The fourth-order valence-corrected chi connectivity index (χ4v) is 5.33. The maximum atomic E-state index is 10.2. The Labute approximate surface area is 239 Å². The van der Waals surface area contributed by atoms with E-state index in [1.807, 2.05) is 0 Å². The Morgan fingerprint density at radius 1 is 0.368 bits per heavy atom. The Balaban J connectivity index is 3.22. The molecule has 0 aliphatic rings. The molecule has 0 aliphatic heterocycles. The van der Waals surface area contributed by atoms with Crippen molar-refractivity contribution in [1.29, 1.82) is 0 Å². The molecule has 0 saturated carbocycles. The van der Waals surface area contributed by atoms with Crippen molar-refractivity contribution in [3.63, 3.8) is 0 Å². The monoisotopic (exact) mass is 541 g/mol. The average Bonchev–Trinajstić information content (AvgIpc) is 2.91. The van der Waals surface area contributed by atoms with Crippen molar-refractivity contribution in [2.75, 3.05) is 26.2 Å². The molecule has 0 aromatic rings. The van der Waals surface area contributed by atoms with E-state index in [0.29, 0.717) is 0 Å². The highest BCUT2D eigenvalue weighted by atomic mass is 16.3. The quantitative estimate of drug-likeness (QED) is 0.0627. The third-order valence-corrected chi connectivity index (χ3v) is 8.00. The van der Waals surface area contributed by atoms with Crippen LogP contribution in [0.25, 0.3) is 0 Å². The SMILES string of the molecule is CCCCCCCCCCCCC(O)CNCCCCCCNCC(O)CCCCCCCCCCCC. The molecular formula is C34H72N2O2. The van der Waals surface area contributed by atoms with Crippen LogP contribution < -0.4 is 10.6 Å². The van der Waals surface area contributed by atoms with Crippen LogP contribution in [0, 0.1) is 0 Å². The molecule has 0 amide bonds. The molecule has 0 aliphatic carbocycles. The zero-order valence-corrected chi connectivity index (χ0v) is 26.3. The van der Waals surface area contributed by atoms with Gasteiger partial charge in [0.05, 0.1) is 12.2 Å². The summed E-state index contributed by atoms with van der Waals surface area (Å²) in [7, 11) is 0. The Bertz CT molecular complexity index is 383. The zero-order chi connectivity index (χ0) is 27.8. The highest BCUT2D eigenvalue weighted by Crippen LogP contribution is 2.13. The Morgan fingerprint density at radius 3 is 0.947 bits per heavy atom. The number of hydrogen-bond donors (Lipinski definition) is 4. The molecule has 230 valence electrons. The van der Waals surface area contributed by atoms with Crippen molar-refractivity contribution in [2.45, 2.75) is 193 Å². The number of rotatable bonds is 33. The molecule has 0 aromatic heterocycles. The van der Waals surface area contributed by atoms with Crippen molar-refractivity contribution in [3.8, 4) is 0 Å². The Kier molecular flexibility index (Phi) is 32.9. The van der Waals surface area contributed by atoms with Gasteiger partial charge in [0, 0.05) is 13.1 Å². The lowest BCUT2D eigenvalue weighted by Gasteiger charge is -2.12. The molecule has 2 atom stereocenters. The standard InChI is InChI=1S/C34H72N2O2/c1-3-5-7-9-11-13-15-17-19-23-27-33(37)31-35-29-25-21-22-26-30-36-32-34(38)28-24-20-18-16-14-12-10-8-6-4-2/h33-38H,3-32H2,1-2H3. The van der Waals surface area contributed by atoms with E-state index in [4.69, 9.17) is 0 Å². The van der Waals surface area contributed by atoms with Crippen LogP contribution in [-0.4, -0.2) is 48.6 Å². The molecule has 0 heterocycles. The first-order valence-corrected chi connectivity index (χ1v) is 17.5. The lowest BCUT2D eigenvalue weighted by molar-refractivity contribution is 0.157. The number of nitrogens with one attached hydrogen (secondary N) is 2. The molecule has 4 nitrogen and oxygen atoms in total. The first-order valence-electron chi connectivity index (χ1n) is 17.5. The summed E-state index contributed by atoms with van der Waals surface area (Å²) in [6.07, 6.45) is 33.4. The van der Waals surface area contributed by atoms with Crippen LogP contribution in [0.4, 0.5) is 0 Å². The maximum absolute atomic E-state index is 10.2. The van der Waals surface area contributed by atoms with E-state index in [1.165, 1.54) is 154 Å². The van der Waals surface area contributed by atoms with Crippen LogP contribution in [0.2, 0.25) is 0 Å². The molecule has 2 unspecified atom stereocenters. The van der Waals surface area contributed by atoms with Gasteiger partial charge >= 0.3 is 0 Å². The van der Waals surface area contributed by atoms with Gasteiger partial charge in [-0.25, -0.2) is 0 Å². The molecule has 0 saturated heterocycles. The molecule has 0 spiro atoms. The predicted octanol–water partition coefficient (Wildman–Crippen LogP) is 9.07. The normalized spacial score (nSPS) is 13.3. The lowest BCUT2D eigenvalue weighted by Crippen LogP contribution is -2.28. The summed E-state index contributed by atoms with van der Waals surface area (Å²) in [5, 5.41) is 27.2. The predicted molar refractivity (Wildman–Crippen MR) is 169 cm³/mol. The smallest absolute Gasteiger partial charge is 0.0664 e. The number of unbranched alkanes of at least 4 members (excludes halogenated alkanes) is 21. The lowest BCUT2D eigenvalue weighted by atomic mass is 10.0. The zero-order valence-electron chi connectivity index (χ0n) is 26.3. The minimum atomic E-state index is -0.181. The van der Waals surface area contributed by atoms with Crippen LogP contribution in [0.5, 0.6) is 0 Å². The highest BCUT2D eigenvalue weighted by Gasteiger charge is 2.04. The molecule has 0 fully saturated rings. The van der Waals surface area contributed by atoms with Crippen molar-refractivity contribution in [2.24, 2.45) is 0 Å². The van der Waals surface area contributed by atoms with Crippen molar-refractivity contribution in [3.05, 3.63) is 0 Å². The summed E-state index contributed by atoms with van der Waals surface area (Å²) in [4.78, 5) is 0. The van der Waals surface area contributed by atoms with E-state index in [2.05, 4.69) is 24.5 Å². The maximum Gasteiger partial charge on any atom is 0.0664 e. The fourth-order valence-electron chi connectivity index (χ4n) is 5.33. The molecule has 0 bridgehead atoms. The van der Waals surface area contributed by atoms with Gasteiger partial charge in [-0.1, -0.05) is 155 Å². The van der Waals surface area contributed by atoms with Gasteiger partial charge in [-0.05, 0) is 38.8 Å². The van der Waals surface area contributed by atoms with E-state index in [9.17, 15) is 10.2 Å². The summed E-state index contributed by atoms with van der Waals surface area (Å²) in [6, 6.07) is 0. The molecule has 0 radical (unpaired) electrons. The van der Waals surface area contributed by atoms with Crippen LogP contribution in [-0.2, 0) is 0 Å². The van der Waals surface area contributed by atoms with Gasteiger partial charge in [0.2, 0.25) is 0 Å². The van der Waals surface area contributed by atoms with Crippen LogP contribution >= 0.6 is 0 Å². The largest absolute Gasteiger partial charge is 0.392 e. The summed E-state index contributed by atoms with van der Waals surface area (Å²) in [5.41, 5.74) is 0. The van der Waals surface area contributed by atoms with Gasteiger partial charge in [-0.15, -0.1) is 0 Å². The van der Waals surface area contributed by atoms with Gasteiger partial charge in [0.25, 0.3) is 0 Å². The summed E-state index contributed by atoms with van der Waals surface area (Å²) >= 11 is 0. The van der Waals surface area contributed by atoms with Gasteiger partial charge in [0.15, 0.2) is 0 Å². The molecule has 4 N–H and O–H groups in total. The third kappa shape index (κ3) is 32.1. The minimum absolute atomic E-state index is 0.181. The van der Waals surface area contributed by atoms with Crippen molar-refractivity contribution >= 4 is 0 Å². The van der Waals surface area contributed by atoms with E-state index in [1.54, 1.807) is 0 Å². The topological polar surface area (TPSA) is 64.5 Å². The van der Waals surface area contributed by atoms with E-state index < -0.39 is 0 Å². The number of aliphatic hydroxyl groups is 2. The van der Waals surface area contributed by atoms with Crippen LogP contribution in [0.1, 0.15) is 181 Å². The van der Waals surface area contributed by atoms with Gasteiger partial charge in [-0.3, -0.25) is 0 Å². The molecule has 0 rings (SSSR count). The van der Waals surface area contributed by atoms with Crippen molar-refractivity contribution < 1.29 is 10.2 Å². The third-order valence-electron chi connectivity index (χ3n) is 8.00. The van der Waals surface area contributed by atoms with Gasteiger partial charge in [-0.2, -0.15) is 0 Å². The second kappa shape index (κ2) is 33.0. The van der Waals surface area contributed by atoms with Crippen molar-refractivity contribution in [1.82, 2.24) is 10.6 Å². The summed E-state index contributed by atoms with van der Waals surface area (Å²) < 4.78 is 0. The summed E-state index contributed by atoms with van der Waals surface area (Å²) in [6.45, 7) is 8.07. The van der Waals surface area contributed by atoms with E-state index in [0.717, 1.165) is 39.0 Å². The first kappa shape index (κ1) is 37.8. The molecule has 38 heavy (non-hydrogen) atoms. The number of aliphatic hydroxyl groups excluding tert-OH is 2. The Morgan fingerprint density at radius 2 is 0.632 bits per heavy atom. The van der Waals surface area contributed by atoms with Gasteiger partial charge < -0.3 is 20.8 Å².